The van der Waals surface area contributed by atoms with Gasteiger partial charge in [-0.3, -0.25) is 14.5 Å². The van der Waals surface area contributed by atoms with E-state index in [2.05, 4.69) is 10.1 Å². The summed E-state index contributed by atoms with van der Waals surface area (Å²) in [5.74, 6) is -3.04. The fourth-order valence-electron chi connectivity index (χ4n) is 1.85. The van der Waals surface area contributed by atoms with Crippen LogP contribution in [0.15, 0.2) is 18.2 Å². The van der Waals surface area contributed by atoms with Crippen molar-refractivity contribution in [2.45, 2.75) is 6.92 Å². The van der Waals surface area contributed by atoms with Crippen molar-refractivity contribution in [1.29, 1.82) is 0 Å². The van der Waals surface area contributed by atoms with E-state index in [1.807, 2.05) is 0 Å². The van der Waals surface area contributed by atoms with Gasteiger partial charge in [-0.05, 0) is 19.2 Å². The molecule has 0 heterocycles. The van der Waals surface area contributed by atoms with Crippen molar-refractivity contribution in [3.8, 4) is 0 Å². The Bertz CT molecular complexity index is 503. The van der Waals surface area contributed by atoms with Gasteiger partial charge in [0.25, 0.3) is 0 Å². The molecule has 0 saturated carbocycles. The number of likely N-dealkylation sites (N-methyl/N-ethyl adjacent to an activating group) is 1. The molecule has 0 aromatic heterocycles. The van der Waals surface area contributed by atoms with Gasteiger partial charge in [-0.15, -0.1) is 0 Å². The van der Waals surface area contributed by atoms with Crippen LogP contribution in [0.2, 0.25) is 0 Å². The van der Waals surface area contributed by atoms with E-state index in [0.717, 1.165) is 12.1 Å². The second-order valence-corrected chi connectivity index (χ2v) is 4.77. The average Bonchev–Trinajstić information content (AvgIpc) is 2.41. The third-order valence-electron chi connectivity index (χ3n) is 2.83. The van der Waals surface area contributed by atoms with Crippen LogP contribution >= 0.6 is 0 Å². The molecule has 0 radical (unpaired) electrons. The number of ether oxygens (including phenoxy) is 1. The van der Waals surface area contributed by atoms with Crippen LogP contribution in [0.3, 0.4) is 0 Å². The van der Waals surface area contributed by atoms with Crippen molar-refractivity contribution in [2.24, 2.45) is 5.92 Å². The second-order valence-electron chi connectivity index (χ2n) is 4.77. The molecule has 116 valence electrons. The van der Waals surface area contributed by atoms with Crippen LogP contribution in [-0.2, 0) is 14.3 Å². The number of benzene rings is 1. The van der Waals surface area contributed by atoms with E-state index in [1.54, 1.807) is 18.9 Å². The molecule has 1 aromatic rings. The lowest BCUT2D eigenvalue weighted by Crippen LogP contribution is -2.35. The molecule has 0 saturated heterocycles. The van der Waals surface area contributed by atoms with Crippen molar-refractivity contribution in [3.63, 3.8) is 0 Å². The molecular weight excluding hydrogens is 282 g/mol. The van der Waals surface area contributed by atoms with E-state index in [-0.39, 0.29) is 12.5 Å². The van der Waals surface area contributed by atoms with E-state index < -0.39 is 29.1 Å². The van der Waals surface area contributed by atoms with Gasteiger partial charge < -0.3 is 10.1 Å². The standard InChI is InChI=1S/C14H18F2N2O3/c1-9(14(20)21-3)7-18(2)8-12(19)17-13-10(15)5-4-6-11(13)16/h4-6,9H,7-8H2,1-3H3,(H,17,19). The molecule has 0 aliphatic rings. The summed E-state index contributed by atoms with van der Waals surface area (Å²) in [6.07, 6.45) is 0. The van der Waals surface area contributed by atoms with E-state index >= 15 is 0 Å². The Balaban J connectivity index is 2.56. The first-order valence-corrected chi connectivity index (χ1v) is 6.35. The number of para-hydroxylation sites is 1. The van der Waals surface area contributed by atoms with Gasteiger partial charge in [0.1, 0.15) is 17.3 Å². The van der Waals surface area contributed by atoms with Crippen molar-refractivity contribution in [3.05, 3.63) is 29.8 Å². The lowest BCUT2D eigenvalue weighted by Gasteiger charge is -2.19. The zero-order valence-corrected chi connectivity index (χ0v) is 12.2. The minimum atomic E-state index is -0.839. The molecule has 21 heavy (non-hydrogen) atoms. The minimum absolute atomic E-state index is 0.102. The number of rotatable bonds is 6. The summed E-state index contributed by atoms with van der Waals surface area (Å²) in [4.78, 5) is 24.6. The Labute approximate surface area is 121 Å². The summed E-state index contributed by atoms with van der Waals surface area (Å²) in [6, 6.07) is 3.33. The van der Waals surface area contributed by atoms with Crippen molar-refractivity contribution in [1.82, 2.24) is 4.90 Å². The van der Waals surface area contributed by atoms with Crippen molar-refractivity contribution < 1.29 is 23.1 Å². The Morgan fingerprint density at radius 1 is 1.33 bits per heavy atom. The maximum atomic E-state index is 13.4. The molecule has 0 aliphatic heterocycles. The van der Waals surface area contributed by atoms with Gasteiger partial charge in [0.05, 0.1) is 19.6 Å². The molecule has 0 spiro atoms. The highest BCUT2D eigenvalue weighted by molar-refractivity contribution is 5.92. The Hall–Kier alpha value is -2.02. The third kappa shape index (κ3) is 5.11. The molecule has 5 nitrogen and oxygen atoms in total. The maximum Gasteiger partial charge on any atom is 0.309 e. The second kappa shape index (κ2) is 7.68. The highest BCUT2D eigenvalue weighted by atomic mass is 19.1. The van der Waals surface area contributed by atoms with Crippen molar-refractivity contribution >= 4 is 17.6 Å². The quantitative estimate of drug-likeness (QED) is 0.812. The topological polar surface area (TPSA) is 58.6 Å². The fraction of sp³-hybridized carbons (Fsp3) is 0.429. The summed E-state index contributed by atoms with van der Waals surface area (Å²) >= 11 is 0. The number of nitrogens with zero attached hydrogens (tertiary/aromatic N) is 1. The zero-order chi connectivity index (χ0) is 16.0. The number of nitrogens with one attached hydrogen (secondary N) is 1. The first-order valence-electron chi connectivity index (χ1n) is 6.35. The smallest absolute Gasteiger partial charge is 0.309 e. The monoisotopic (exact) mass is 300 g/mol. The summed E-state index contributed by atoms with van der Waals surface area (Å²) < 4.78 is 31.3. The zero-order valence-electron chi connectivity index (χ0n) is 12.2. The lowest BCUT2D eigenvalue weighted by atomic mass is 10.2. The van der Waals surface area contributed by atoms with Crippen LogP contribution in [-0.4, -0.2) is 44.0 Å². The van der Waals surface area contributed by atoms with E-state index in [0.29, 0.717) is 6.54 Å². The van der Waals surface area contributed by atoms with Gasteiger partial charge in [-0.1, -0.05) is 13.0 Å². The molecule has 1 aromatic carbocycles. The largest absolute Gasteiger partial charge is 0.469 e. The van der Waals surface area contributed by atoms with Crippen LogP contribution in [0, 0.1) is 17.6 Å². The number of methoxy groups -OCH3 is 1. The van der Waals surface area contributed by atoms with Crippen LogP contribution in [0.1, 0.15) is 6.92 Å². The third-order valence-corrected chi connectivity index (χ3v) is 2.83. The predicted octanol–water partition coefficient (Wildman–Crippen LogP) is 1.64. The first-order chi connectivity index (χ1) is 9.85. The molecular formula is C14H18F2N2O3. The van der Waals surface area contributed by atoms with Gasteiger partial charge in [0.15, 0.2) is 0 Å². The van der Waals surface area contributed by atoms with Crippen LogP contribution in [0.5, 0.6) is 0 Å². The number of hydrogen-bond acceptors (Lipinski definition) is 4. The maximum absolute atomic E-state index is 13.4. The molecule has 1 unspecified atom stereocenters. The number of esters is 1. The summed E-state index contributed by atoms with van der Waals surface area (Å²) in [7, 11) is 2.91. The normalized spacial score (nSPS) is 12.1. The number of carbonyl (C=O) groups is 2. The number of halogens is 2. The number of carbonyl (C=O) groups excluding carboxylic acids is 2. The average molecular weight is 300 g/mol. The van der Waals surface area contributed by atoms with Gasteiger partial charge >= 0.3 is 5.97 Å². The van der Waals surface area contributed by atoms with Crippen LogP contribution in [0.25, 0.3) is 0 Å². The highest BCUT2D eigenvalue weighted by Crippen LogP contribution is 2.17. The molecule has 7 heteroatoms. The van der Waals surface area contributed by atoms with Gasteiger partial charge in [-0.25, -0.2) is 8.78 Å². The first kappa shape index (κ1) is 17.0. The molecule has 1 atom stereocenters. The SMILES string of the molecule is COC(=O)C(C)CN(C)CC(=O)Nc1c(F)cccc1F. The van der Waals surface area contributed by atoms with Crippen molar-refractivity contribution in [2.75, 3.05) is 32.6 Å². The summed E-state index contributed by atoms with van der Waals surface area (Å²) in [5, 5.41) is 2.18. The molecule has 0 aliphatic carbocycles. The Kier molecular flexibility index (Phi) is 6.23. The molecule has 1 amide bonds. The van der Waals surface area contributed by atoms with Crippen LogP contribution < -0.4 is 5.32 Å². The number of anilines is 1. The Morgan fingerprint density at radius 3 is 2.43 bits per heavy atom. The molecule has 1 N–H and O–H groups in total. The lowest BCUT2D eigenvalue weighted by molar-refractivity contribution is -0.145. The molecule has 0 bridgehead atoms. The highest BCUT2D eigenvalue weighted by Gasteiger charge is 2.18. The Morgan fingerprint density at radius 2 is 1.90 bits per heavy atom. The summed E-state index contributed by atoms with van der Waals surface area (Å²) in [6.45, 7) is 1.85. The number of amides is 1. The van der Waals surface area contributed by atoms with Crippen LogP contribution in [0.4, 0.5) is 14.5 Å². The minimum Gasteiger partial charge on any atom is -0.469 e. The molecule has 1 rings (SSSR count). The predicted molar refractivity (Wildman–Crippen MR) is 73.7 cm³/mol. The summed E-state index contributed by atoms with van der Waals surface area (Å²) in [5.41, 5.74) is -0.475. The van der Waals surface area contributed by atoms with E-state index in [1.165, 1.54) is 13.2 Å². The van der Waals surface area contributed by atoms with E-state index in [4.69, 9.17) is 0 Å². The number of hydrogen-bond donors (Lipinski definition) is 1. The molecule has 0 fully saturated rings. The van der Waals surface area contributed by atoms with E-state index in [9.17, 15) is 18.4 Å². The van der Waals surface area contributed by atoms with Gasteiger partial charge in [0, 0.05) is 6.54 Å². The van der Waals surface area contributed by atoms with Gasteiger partial charge in [-0.2, -0.15) is 0 Å². The fourth-order valence-corrected chi connectivity index (χ4v) is 1.85. The van der Waals surface area contributed by atoms with Gasteiger partial charge in [0.2, 0.25) is 5.91 Å².